The highest BCUT2D eigenvalue weighted by atomic mass is 16.1. The van der Waals surface area contributed by atoms with E-state index in [1.807, 2.05) is 35.0 Å². The third kappa shape index (κ3) is 6.07. The van der Waals surface area contributed by atoms with E-state index in [1.165, 1.54) is 31.2 Å². The zero-order valence-electron chi connectivity index (χ0n) is 19.1. The molecule has 1 saturated heterocycles. The number of aromatic nitrogens is 2. The normalized spacial score (nSPS) is 14.8. The van der Waals surface area contributed by atoms with Crippen LogP contribution in [0.25, 0.3) is 16.9 Å². The monoisotopic (exact) mass is 430 g/mol. The van der Waals surface area contributed by atoms with Gasteiger partial charge in [-0.25, -0.2) is 4.68 Å². The van der Waals surface area contributed by atoms with Crippen LogP contribution in [0.1, 0.15) is 43.2 Å². The molecular weight excluding hydrogens is 396 g/mol. The minimum Gasteiger partial charge on any atom is -0.355 e. The number of carbonyl (C=O) groups is 1. The van der Waals surface area contributed by atoms with Crippen molar-refractivity contribution in [1.29, 1.82) is 0 Å². The van der Waals surface area contributed by atoms with E-state index in [2.05, 4.69) is 47.6 Å². The molecule has 1 N–H and O–H groups in total. The summed E-state index contributed by atoms with van der Waals surface area (Å²) < 4.78 is 1.92. The van der Waals surface area contributed by atoms with E-state index in [0.717, 1.165) is 48.7 Å². The molecule has 1 amide bonds. The molecule has 1 fully saturated rings. The highest BCUT2D eigenvalue weighted by Gasteiger charge is 2.14. The molecule has 168 valence electrons. The van der Waals surface area contributed by atoms with Crippen LogP contribution in [0.2, 0.25) is 0 Å². The Morgan fingerprint density at radius 2 is 1.69 bits per heavy atom. The van der Waals surface area contributed by atoms with Crippen LogP contribution in [0, 0.1) is 6.92 Å². The Morgan fingerprint density at radius 3 is 2.41 bits per heavy atom. The minimum atomic E-state index is 0.113. The molecule has 2 heterocycles. The zero-order chi connectivity index (χ0) is 22.2. The van der Waals surface area contributed by atoms with Gasteiger partial charge in [0.1, 0.15) is 0 Å². The summed E-state index contributed by atoms with van der Waals surface area (Å²) in [5.74, 6) is 0.113. The molecule has 0 saturated carbocycles. The van der Waals surface area contributed by atoms with Crippen molar-refractivity contribution in [2.75, 3.05) is 26.2 Å². The van der Waals surface area contributed by atoms with Crippen LogP contribution in [-0.2, 0) is 11.2 Å². The summed E-state index contributed by atoms with van der Waals surface area (Å²) >= 11 is 0. The summed E-state index contributed by atoms with van der Waals surface area (Å²) in [5, 5.41) is 7.99. The van der Waals surface area contributed by atoms with Crippen molar-refractivity contribution in [2.45, 2.75) is 45.4 Å². The number of amides is 1. The summed E-state index contributed by atoms with van der Waals surface area (Å²) in [5.41, 5.74) is 5.38. The maximum Gasteiger partial charge on any atom is 0.220 e. The average molecular weight is 431 g/mol. The lowest BCUT2D eigenvalue weighted by atomic mass is 10.0. The van der Waals surface area contributed by atoms with Crippen molar-refractivity contribution in [3.8, 4) is 16.9 Å². The van der Waals surface area contributed by atoms with Gasteiger partial charge in [-0.15, -0.1) is 0 Å². The third-order valence-electron chi connectivity index (χ3n) is 6.21. The van der Waals surface area contributed by atoms with Crippen LogP contribution in [0.4, 0.5) is 0 Å². The standard InChI is InChI=1S/C27H34N4O/c1-22-11-13-23(14-12-22)27-24(21-31(29-27)25-9-5-4-6-10-25)15-16-26(32)28-17-20-30-18-7-2-3-8-19-30/h4-6,9-14,21H,2-3,7-8,15-20H2,1H3,(H,28,32). The smallest absolute Gasteiger partial charge is 0.220 e. The Labute approximate surface area is 191 Å². The molecule has 0 unspecified atom stereocenters. The number of likely N-dealkylation sites (tertiary alicyclic amines) is 1. The van der Waals surface area contributed by atoms with E-state index in [-0.39, 0.29) is 5.91 Å². The molecule has 0 spiro atoms. The van der Waals surface area contributed by atoms with Crippen LogP contribution in [0.5, 0.6) is 0 Å². The first-order chi connectivity index (χ1) is 15.7. The molecule has 0 atom stereocenters. The fourth-order valence-electron chi connectivity index (χ4n) is 4.31. The lowest BCUT2D eigenvalue weighted by Gasteiger charge is -2.19. The maximum atomic E-state index is 12.5. The molecule has 0 bridgehead atoms. The lowest BCUT2D eigenvalue weighted by Crippen LogP contribution is -2.35. The van der Waals surface area contributed by atoms with Gasteiger partial charge in [0.05, 0.1) is 11.4 Å². The number of rotatable bonds is 8. The van der Waals surface area contributed by atoms with Crippen molar-refractivity contribution >= 4 is 5.91 Å². The number of nitrogens with zero attached hydrogens (tertiary/aromatic N) is 3. The molecule has 1 aliphatic rings. The van der Waals surface area contributed by atoms with Gasteiger partial charge in [-0.05, 0) is 57.0 Å². The lowest BCUT2D eigenvalue weighted by molar-refractivity contribution is -0.121. The van der Waals surface area contributed by atoms with Crippen molar-refractivity contribution in [1.82, 2.24) is 20.0 Å². The first-order valence-electron chi connectivity index (χ1n) is 11.9. The van der Waals surface area contributed by atoms with Crippen LogP contribution in [0.3, 0.4) is 0 Å². The molecule has 3 aromatic rings. The summed E-state index contributed by atoms with van der Waals surface area (Å²) in [6, 6.07) is 18.6. The summed E-state index contributed by atoms with van der Waals surface area (Å²) in [4.78, 5) is 15.0. The summed E-state index contributed by atoms with van der Waals surface area (Å²) in [7, 11) is 0. The van der Waals surface area contributed by atoms with Crippen molar-refractivity contribution < 1.29 is 4.79 Å². The quantitative estimate of drug-likeness (QED) is 0.560. The Hall–Kier alpha value is -2.92. The molecule has 0 radical (unpaired) electrons. The van der Waals surface area contributed by atoms with E-state index >= 15 is 0 Å². The highest BCUT2D eigenvalue weighted by molar-refractivity contribution is 5.76. The summed E-state index contributed by atoms with van der Waals surface area (Å²) in [6.45, 7) is 6.09. The second-order valence-corrected chi connectivity index (χ2v) is 8.75. The van der Waals surface area contributed by atoms with E-state index in [4.69, 9.17) is 5.10 Å². The van der Waals surface area contributed by atoms with Gasteiger partial charge in [0.15, 0.2) is 0 Å². The topological polar surface area (TPSA) is 50.2 Å². The number of carbonyl (C=O) groups excluding carboxylic acids is 1. The number of para-hydroxylation sites is 1. The number of benzene rings is 2. The first-order valence-corrected chi connectivity index (χ1v) is 11.9. The number of nitrogens with one attached hydrogen (secondary N) is 1. The fourth-order valence-corrected chi connectivity index (χ4v) is 4.31. The predicted molar refractivity (Wildman–Crippen MR) is 130 cm³/mol. The minimum absolute atomic E-state index is 0.113. The molecule has 5 heteroatoms. The average Bonchev–Trinajstić information content (AvgIpc) is 3.07. The van der Waals surface area contributed by atoms with Gasteiger partial charge in [0.2, 0.25) is 5.91 Å². The highest BCUT2D eigenvalue weighted by Crippen LogP contribution is 2.25. The van der Waals surface area contributed by atoms with Crippen LogP contribution < -0.4 is 5.32 Å². The fraction of sp³-hybridized carbons (Fsp3) is 0.407. The first kappa shape index (κ1) is 22.3. The molecule has 2 aromatic carbocycles. The molecule has 0 aliphatic carbocycles. The van der Waals surface area contributed by atoms with Gasteiger partial charge in [0, 0.05) is 31.3 Å². The Morgan fingerprint density at radius 1 is 0.969 bits per heavy atom. The van der Waals surface area contributed by atoms with E-state index < -0.39 is 0 Å². The maximum absolute atomic E-state index is 12.5. The molecule has 5 nitrogen and oxygen atoms in total. The van der Waals surface area contributed by atoms with E-state index in [9.17, 15) is 4.79 Å². The Bertz CT molecular complexity index is 986. The molecule has 1 aromatic heterocycles. The van der Waals surface area contributed by atoms with Crippen molar-refractivity contribution in [3.63, 3.8) is 0 Å². The number of aryl methyl sites for hydroxylation is 2. The van der Waals surface area contributed by atoms with Gasteiger partial charge in [0.25, 0.3) is 0 Å². The van der Waals surface area contributed by atoms with Gasteiger partial charge < -0.3 is 10.2 Å². The van der Waals surface area contributed by atoms with Crippen molar-refractivity contribution in [2.24, 2.45) is 0 Å². The van der Waals surface area contributed by atoms with Crippen LogP contribution >= 0.6 is 0 Å². The Balaban J connectivity index is 1.39. The third-order valence-corrected chi connectivity index (χ3v) is 6.21. The van der Waals surface area contributed by atoms with E-state index in [0.29, 0.717) is 12.8 Å². The van der Waals surface area contributed by atoms with Gasteiger partial charge >= 0.3 is 0 Å². The second-order valence-electron chi connectivity index (χ2n) is 8.75. The Kier molecular flexibility index (Phi) is 7.73. The zero-order valence-corrected chi connectivity index (χ0v) is 19.1. The molecule has 32 heavy (non-hydrogen) atoms. The second kappa shape index (κ2) is 11.1. The van der Waals surface area contributed by atoms with Crippen molar-refractivity contribution in [3.05, 3.63) is 71.9 Å². The summed E-state index contributed by atoms with van der Waals surface area (Å²) in [6.07, 6.45) is 8.44. The molecule has 4 rings (SSSR count). The SMILES string of the molecule is Cc1ccc(-c2nn(-c3ccccc3)cc2CCC(=O)NCCN2CCCCCC2)cc1. The molecular formula is C27H34N4O. The van der Waals surface area contributed by atoms with E-state index in [1.54, 1.807) is 0 Å². The number of hydrogen-bond donors (Lipinski definition) is 1. The van der Waals surface area contributed by atoms with Gasteiger partial charge in [-0.3, -0.25) is 4.79 Å². The van der Waals surface area contributed by atoms with Crippen LogP contribution in [0.15, 0.2) is 60.8 Å². The molecule has 1 aliphatic heterocycles. The van der Waals surface area contributed by atoms with Crippen LogP contribution in [-0.4, -0.2) is 46.8 Å². The largest absolute Gasteiger partial charge is 0.355 e. The number of hydrogen-bond acceptors (Lipinski definition) is 3. The predicted octanol–water partition coefficient (Wildman–Crippen LogP) is 4.77. The van der Waals surface area contributed by atoms with Gasteiger partial charge in [-0.1, -0.05) is 60.9 Å². The van der Waals surface area contributed by atoms with Gasteiger partial charge in [-0.2, -0.15) is 5.10 Å².